The van der Waals surface area contributed by atoms with Crippen molar-refractivity contribution in [2.75, 3.05) is 43.4 Å². The van der Waals surface area contributed by atoms with Gasteiger partial charge in [-0.15, -0.1) is 11.3 Å². The average molecular weight is 540 g/mol. The van der Waals surface area contributed by atoms with Gasteiger partial charge in [-0.25, -0.2) is 9.78 Å². The summed E-state index contributed by atoms with van der Waals surface area (Å²) in [6.07, 6.45) is 5.81. The van der Waals surface area contributed by atoms with Crippen LogP contribution in [0.5, 0.6) is 5.75 Å². The minimum absolute atomic E-state index is 0.0585. The topological polar surface area (TPSA) is 132 Å². The lowest BCUT2D eigenvalue weighted by molar-refractivity contribution is 0.0941. The number of phenols is 1. The highest BCUT2D eigenvalue weighted by atomic mass is 32.1. The lowest BCUT2D eigenvalue weighted by atomic mass is 10.1. The van der Waals surface area contributed by atoms with Crippen LogP contribution < -0.4 is 21.3 Å². The van der Waals surface area contributed by atoms with Gasteiger partial charge in [0.15, 0.2) is 5.82 Å². The summed E-state index contributed by atoms with van der Waals surface area (Å²) >= 11 is 1.32. The van der Waals surface area contributed by atoms with E-state index in [0.29, 0.717) is 22.8 Å². The van der Waals surface area contributed by atoms with Crippen LogP contribution >= 0.6 is 11.3 Å². The third-order valence-electron chi connectivity index (χ3n) is 6.09. The lowest BCUT2D eigenvalue weighted by Gasteiger charge is -2.13. The third-order valence-corrected chi connectivity index (χ3v) is 7.14. The number of amides is 3. The predicted octanol–water partition coefficient (Wildman–Crippen LogP) is 3.92. The minimum atomic E-state index is -0.511. The second-order valence-corrected chi connectivity index (χ2v) is 9.89. The molecule has 1 aliphatic heterocycles. The van der Waals surface area contributed by atoms with E-state index in [2.05, 4.69) is 56.9 Å². The number of hydrogen-bond donors (Lipinski definition) is 5. The van der Waals surface area contributed by atoms with E-state index in [0.717, 1.165) is 30.0 Å². The van der Waals surface area contributed by atoms with Gasteiger partial charge in [-0.1, -0.05) is 32.9 Å². The van der Waals surface area contributed by atoms with Gasteiger partial charge in [0.2, 0.25) is 0 Å². The second-order valence-electron chi connectivity index (χ2n) is 8.75. The standard InChI is InChI=1S/C21H22N6O3S.C6H15N/c28-15-3-1-2-13(8-15)9-16-10-17(19(29)25-14-4-5-22-11-14)20(31-16)27-21(30)26-18-12-23-6-7-24-18;1-4-7(5-2)6-3/h1-3,6-8,10,12,14,22,28H,4-5,9,11H2,(H,25,29)(H2,24,26,27,30);4-6H2,1-3H3. The number of rotatable bonds is 9. The molecule has 0 saturated carbocycles. The Hall–Kier alpha value is -3.54. The first-order valence-corrected chi connectivity index (χ1v) is 13.7. The summed E-state index contributed by atoms with van der Waals surface area (Å²) in [7, 11) is 0. The number of benzene rings is 1. The molecule has 11 heteroatoms. The van der Waals surface area contributed by atoms with E-state index in [1.54, 1.807) is 24.3 Å². The Morgan fingerprint density at radius 3 is 2.53 bits per heavy atom. The fourth-order valence-corrected chi connectivity index (χ4v) is 5.07. The van der Waals surface area contributed by atoms with Crippen molar-refractivity contribution in [3.8, 4) is 5.75 Å². The maximum atomic E-state index is 12.9. The number of anilines is 2. The predicted molar refractivity (Wildman–Crippen MR) is 152 cm³/mol. The maximum Gasteiger partial charge on any atom is 0.325 e. The van der Waals surface area contributed by atoms with E-state index < -0.39 is 6.03 Å². The summed E-state index contributed by atoms with van der Waals surface area (Å²) in [5.41, 5.74) is 1.31. The van der Waals surface area contributed by atoms with E-state index in [-0.39, 0.29) is 17.7 Å². The largest absolute Gasteiger partial charge is 0.508 e. The van der Waals surface area contributed by atoms with E-state index in [1.165, 1.54) is 49.6 Å². The lowest BCUT2D eigenvalue weighted by Crippen LogP contribution is -2.36. The van der Waals surface area contributed by atoms with Gasteiger partial charge in [-0.3, -0.25) is 20.4 Å². The third kappa shape index (κ3) is 9.09. The highest BCUT2D eigenvalue weighted by Gasteiger charge is 2.22. The number of carbonyl (C=O) groups excluding carboxylic acids is 2. The molecule has 0 spiro atoms. The van der Waals surface area contributed by atoms with Crippen molar-refractivity contribution in [1.82, 2.24) is 25.5 Å². The zero-order valence-corrected chi connectivity index (χ0v) is 23.0. The molecule has 3 heterocycles. The van der Waals surface area contributed by atoms with E-state index >= 15 is 0 Å². The molecule has 5 N–H and O–H groups in total. The zero-order valence-electron chi connectivity index (χ0n) is 22.2. The second kappa shape index (κ2) is 15.0. The van der Waals surface area contributed by atoms with Crippen LogP contribution in [0, 0.1) is 0 Å². The summed E-state index contributed by atoms with van der Waals surface area (Å²) in [6, 6.07) is 8.29. The number of urea groups is 1. The average Bonchev–Trinajstić information content (AvgIpc) is 3.56. The zero-order chi connectivity index (χ0) is 27.3. The van der Waals surface area contributed by atoms with Gasteiger partial charge in [-0.05, 0) is 56.4 Å². The molecule has 1 aromatic carbocycles. The summed E-state index contributed by atoms with van der Waals surface area (Å²) in [6.45, 7) is 11.7. The van der Waals surface area contributed by atoms with Crippen LogP contribution in [0.2, 0.25) is 0 Å². The molecule has 10 nitrogen and oxygen atoms in total. The first-order valence-electron chi connectivity index (χ1n) is 12.9. The molecule has 1 atom stereocenters. The van der Waals surface area contributed by atoms with Gasteiger partial charge in [0.1, 0.15) is 10.8 Å². The highest BCUT2D eigenvalue weighted by molar-refractivity contribution is 7.16. The Labute approximate surface area is 227 Å². The van der Waals surface area contributed by atoms with Gasteiger partial charge < -0.3 is 20.6 Å². The summed E-state index contributed by atoms with van der Waals surface area (Å²) in [5.74, 6) is 0.254. The molecule has 4 rings (SSSR count). The van der Waals surface area contributed by atoms with Crippen LogP contribution in [0.3, 0.4) is 0 Å². The number of phenolic OH excluding ortho intramolecular Hbond substituents is 1. The molecule has 1 fully saturated rings. The molecule has 0 radical (unpaired) electrons. The molecule has 3 amide bonds. The fraction of sp³-hybridized carbons (Fsp3) is 0.407. The molecular weight excluding hydrogens is 502 g/mol. The Kier molecular flexibility index (Phi) is 11.5. The minimum Gasteiger partial charge on any atom is -0.508 e. The number of aromatic nitrogens is 2. The van der Waals surface area contributed by atoms with Crippen LogP contribution in [0.4, 0.5) is 15.6 Å². The Balaban J connectivity index is 0.000000505. The van der Waals surface area contributed by atoms with E-state index in [1.807, 2.05) is 6.07 Å². The number of nitrogens with zero attached hydrogens (tertiary/aromatic N) is 3. The van der Waals surface area contributed by atoms with Crippen LogP contribution in [0.15, 0.2) is 48.9 Å². The van der Waals surface area contributed by atoms with Crippen LogP contribution in [0.1, 0.15) is 48.0 Å². The Morgan fingerprint density at radius 1 is 1.13 bits per heavy atom. The fourth-order valence-electron chi connectivity index (χ4n) is 3.98. The van der Waals surface area contributed by atoms with Crippen molar-refractivity contribution in [3.63, 3.8) is 0 Å². The van der Waals surface area contributed by atoms with Gasteiger partial charge in [-0.2, -0.15) is 0 Å². The first kappa shape index (κ1) is 29.0. The first-order chi connectivity index (χ1) is 18.4. The Bertz CT molecular complexity index is 1160. The van der Waals surface area contributed by atoms with Crippen LogP contribution in [0.25, 0.3) is 0 Å². The molecule has 1 unspecified atom stereocenters. The van der Waals surface area contributed by atoms with Gasteiger partial charge in [0.05, 0.1) is 11.8 Å². The molecule has 38 heavy (non-hydrogen) atoms. The van der Waals surface area contributed by atoms with Crippen LogP contribution in [-0.2, 0) is 6.42 Å². The van der Waals surface area contributed by atoms with Crippen molar-refractivity contribution in [2.45, 2.75) is 39.7 Å². The SMILES string of the molecule is CCN(CC)CC.O=C(Nc1cnccn1)Nc1sc(Cc2cccc(O)c2)cc1C(=O)NC1CCNC1. The van der Waals surface area contributed by atoms with E-state index in [9.17, 15) is 14.7 Å². The van der Waals surface area contributed by atoms with Gasteiger partial charge >= 0.3 is 6.03 Å². The number of nitrogens with one attached hydrogen (secondary N) is 4. The number of thiophene rings is 1. The summed E-state index contributed by atoms with van der Waals surface area (Å²) in [5, 5.41) is 21.8. The summed E-state index contributed by atoms with van der Waals surface area (Å²) in [4.78, 5) is 36.6. The quantitative estimate of drug-likeness (QED) is 0.279. The molecule has 1 saturated heterocycles. The van der Waals surface area contributed by atoms with Crippen molar-refractivity contribution in [1.29, 1.82) is 0 Å². The van der Waals surface area contributed by atoms with Gasteiger partial charge in [0, 0.05) is 36.3 Å². The molecule has 1 aliphatic rings. The molecule has 0 bridgehead atoms. The number of carbonyl (C=O) groups is 2. The van der Waals surface area contributed by atoms with Crippen LogP contribution in [-0.4, -0.2) is 70.7 Å². The molecular formula is C27H37N7O3S. The molecule has 204 valence electrons. The van der Waals surface area contributed by atoms with Crippen molar-refractivity contribution < 1.29 is 14.7 Å². The van der Waals surface area contributed by atoms with Crippen molar-refractivity contribution >= 4 is 34.1 Å². The Morgan fingerprint density at radius 2 is 1.92 bits per heavy atom. The van der Waals surface area contributed by atoms with Crippen molar-refractivity contribution in [2.24, 2.45) is 0 Å². The van der Waals surface area contributed by atoms with Crippen molar-refractivity contribution in [3.05, 3.63) is 64.9 Å². The normalized spacial score (nSPS) is 14.5. The highest BCUT2D eigenvalue weighted by Crippen LogP contribution is 2.31. The summed E-state index contributed by atoms with van der Waals surface area (Å²) < 4.78 is 0. The van der Waals surface area contributed by atoms with E-state index in [4.69, 9.17) is 0 Å². The monoisotopic (exact) mass is 539 g/mol. The maximum absolute atomic E-state index is 12.9. The molecule has 3 aromatic rings. The number of aromatic hydroxyl groups is 1. The molecule has 0 aliphatic carbocycles. The smallest absolute Gasteiger partial charge is 0.325 e. The number of hydrogen-bond acceptors (Lipinski definition) is 8. The molecule has 2 aromatic heterocycles. The van der Waals surface area contributed by atoms with Gasteiger partial charge in [0.25, 0.3) is 5.91 Å².